The number of para-hydroxylation sites is 1. The van der Waals surface area contributed by atoms with Crippen LogP contribution in [0.25, 0.3) is 0 Å². The third-order valence-electron chi connectivity index (χ3n) is 2.65. The van der Waals surface area contributed by atoms with Crippen molar-refractivity contribution >= 4 is 29.4 Å². The molecule has 0 radical (unpaired) electrons. The van der Waals surface area contributed by atoms with E-state index in [2.05, 4.69) is 10.2 Å². The van der Waals surface area contributed by atoms with E-state index in [1.165, 1.54) is 6.07 Å². The Morgan fingerprint density at radius 3 is 2.80 bits per heavy atom. The van der Waals surface area contributed by atoms with Crippen molar-refractivity contribution in [2.24, 2.45) is 7.05 Å². The number of hydrogen-bond acceptors (Lipinski definition) is 5. The normalized spacial score (nSPS) is 10.6. The van der Waals surface area contributed by atoms with Gasteiger partial charge in [0.15, 0.2) is 5.16 Å². The molecule has 0 aliphatic carbocycles. The van der Waals surface area contributed by atoms with E-state index in [1.54, 1.807) is 41.8 Å². The molecule has 0 atom stereocenters. The summed E-state index contributed by atoms with van der Waals surface area (Å²) in [7, 11) is 3.38. The second-order valence-corrected chi connectivity index (χ2v) is 4.98. The lowest BCUT2D eigenvalue weighted by atomic mass is 10.3. The van der Waals surface area contributed by atoms with Gasteiger partial charge >= 0.3 is 5.97 Å². The van der Waals surface area contributed by atoms with E-state index in [1.807, 2.05) is 0 Å². The molecule has 0 saturated carbocycles. The Labute approximate surface area is 119 Å². The first-order chi connectivity index (χ1) is 9.50. The molecule has 0 spiro atoms. The lowest BCUT2D eigenvalue weighted by Gasteiger charge is -2.18. The van der Waals surface area contributed by atoms with Crippen LogP contribution in [0.1, 0.15) is 0 Å². The fourth-order valence-corrected chi connectivity index (χ4v) is 2.31. The van der Waals surface area contributed by atoms with Crippen LogP contribution in [-0.4, -0.2) is 38.6 Å². The highest BCUT2D eigenvalue weighted by Crippen LogP contribution is 2.26. The topological polar surface area (TPSA) is 71.2 Å². The maximum Gasteiger partial charge on any atom is 0.313 e. The van der Waals surface area contributed by atoms with Crippen LogP contribution in [0.5, 0.6) is 0 Å². The highest BCUT2D eigenvalue weighted by Gasteiger charge is 2.17. The molecule has 1 aromatic carbocycles. The fourth-order valence-electron chi connectivity index (χ4n) is 1.68. The summed E-state index contributed by atoms with van der Waals surface area (Å²) in [5.41, 5.74) is 0.373. The van der Waals surface area contributed by atoms with Crippen molar-refractivity contribution in [3.63, 3.8) is 0 Å². The molecule has 20 heavy (non-hydrogen) atoms. The molecular weight excluding hydrogens is 283 g/mol. The maximum absolute atomic E-state index is 13.7. The number of aromatic nitrogens is 3. The first kappa shape index (κ1) is 14.3. The van der Waals surface area contributed by atoms with Crippen LogP contribution < -0.4 is 4.90 Å². The molecular formula is C12H13FN4O2S. The van der Waals surface area contributed by atoms with E-state index >= 15 is 0 Å². The standard InChI is InChI=1S/C12H13FN4O2S/c1-16(9-6-4-3-5-8(9)13)11-14-15-12(17(11)2)20-7-10(18)19/h3-6H,7H2,1-2H3,(H,18,19). The van der Waals surface area contributed by atoms with Gasteiger partial charge in [-0.15, -0.1) is 10.2 Å². The van der Waals surface area contributed by atoms with Gasteiger partial charge in [-0.05, 0) is 12.1 Å². The maximum atomic E-state index is 13.7. The van der Waals surface area contributed by atoms with Crippen molar-refractivity contribution in [2.45, 2.75) is 5.16 Å². The number of carboxylic acid groups (broad SMARTS) is 1. The fraction of sp³-hybridized carbons (Fsp3) is 0.250. The number of halogens is 1. The second-order valence-electron chi connectivity index (χ2n) is 4.03. The number of rotatable bonds is 5. The van der Waals surface area contributed by atoms with Crippen molar-refractivity contribution in [1.29, 1.82) is 0 Å². The van der Waals surface area contributed by atoms with Gasteiger partial charge < -0.3 is 10.0 Å². The molecule has 8 heteroatoms. The van der Waals surface area contributed by atoms with Crippen LogP contribution >= 0.6 is 11.8 Å². The smallest absolute Gasteiger partial charge is 0.313 e. The van der Waals surface area contributed by atoms with E-state index in [0.717, 1.165) is 11.8 Å². The van der Waals surface area contributed by atoms with Crippen molar-refractivity contribution < 1.29 is 14.3 Å². The molecule has 1 heterocycles. The van der Waals surface area contributed by atoms with Crippen molar-refractivity contribution in [1.82, 2.24) is 14.8 Å². The molecule has 0 fully saturated rings. The van der Waals surface area contributed by atoms with Gasteiger partial charge in [-0.3, -0.25) is 9.36 Å². The van der Waals surface area contributed by atoms with Gasteiger partial charge in [-0.2, -0.15) is 0 Å². The van der Waals surface area contributed by atoms with Crippen LogP contribution in [0.15, 0.2) is 29.4 Å². The molecule has 1 aromatic heterocycles. The average Bonchev–Trinajstić information content (AvgIpc) is 2.77. The number of carboxylic acids is 1. The summed E-state index contributed by atoms with van der Waals surface area (Å²) in [6, 6.07) is 6.33. The molecule has 1 N–H and O–H groups in total. The molecule has 2 rings (SSSR count). The molecule has 106 valence electrons. The zero-order valence-electron chi connectivity index (χ0n) is 10.9. The van der Waals surface area contributed by atoms with E-state index < -0.39 is 5.97 Å². The van der Waals surface area contributed by atoms with Gasteiger partial charge in [-0.1, -0.05) is 23.9 Å². The summed E-state index contributed by atoms with van der Waals surface area (Å²) in [5, 5.41) is 17.0. The zero-order chi connectivity index (χ0) is 14.7. The molecule has 0 unspecified atom stereocenters. The van der Waals surface area contributed by atoms with Gasteiger partial charge in [0.25, 0.3) is 0 Å². The number of carbonyl (C=O) groups is 1. The Balaban J connectivity index is 2.25. The van der Waals surface area contributed by atoms with Crippen molar-refractivity contribution in [2.75, 3.05) is 17.7 Å². The number of nitrogens with zero attached hydrogens (tertiary/aromatic N) is 4. The third-order valence-corrected chi connectivity index (χ3v) is 3.66. The van der Waals surface area contributed by atoms with Crippen LogP contribution in [0, 0.1) is 5.82 Å². The summed E-state index contributed by atoms with van der Waals surface area (Å²) in [6.45, 7) is 0. The molecule has 2 aromatic rings. The Morgan fingerprint density at radius 1 is 1.45 bits per heavy atom. The van der Waals surface area contributed by atoms with E-state index in [-0.39, 0.29) is 11.6 Å². The first-order valence-electron chi connectivity index (χ1n) is 5.73. The van der Waals surface area contributed by atoms with E-state index in [4.69, 9.17) is 5.11 Å². The number of anilines is 2. The minimum absolute atomic E-state index is 0.102. The van der Waals surface area contributed by atoms with Gasteiger partial charge in [0.2, 0.25) is 5.95 Å². The Bertz CT molecular complexity index is 632. The Morgan fingerprint density at radius 2 is 2.15 bits per heavy atom. The van der Waals surface area contributed by atoms with E-state index in [0.29, 0.717) is 16.8 Å². The monoisotopic (exact) mass is 296 g/mol. The number of hydrogen-bond donors (Lipinski definition) is 1. The quantitative estimate of drug-likeness (QED) is 0.850. The third kappa shape index (κ3) is 2.90. The Hall–Kier alpha value is -2.09. The summed E-state index contributed by atoms with van der Waals surface area (Å²) >= 11 is 1.06. The molecule has 0 bridgehead atoms. The summed E-state index contributed by atoms with van der Waals surface area (Å²) in [4.78, 5) is 12.1. The lowest BCUT2D eigenvalue weighted by molar-refractivity contribution is -0.133. The van der Waals surface area contributed by atoms with Crippen LogP contribution in [0.4, 0.5) is 16.0 Å². The lowest BCUT2D eigenvalue weighted by Crippen LogP contribution is -2.16. The van der Waals surface area contributed by atoms with Gasteiger partial charge in [0, 0.05) is 14.1 Å². The molecule has 0 aliphatic rings. The molecule has 0 aliphatic heterocycles. The SMILES string of the molecule is CN(c1ccccc1F)c1nnc(SCC(=O)O)n1C. The van der Waals surface area contributed by atoms with Gasteiger partial charge in [-0.25, -0.2) is 4.39 Å². The average molecular weight is 296 g/mol. The van der Waals surface area contributed by atoms with Crippen molar-refractivity contribution in [3.05, 3.63) is 30.1 Å². The van der Waals surface area contributed by atoms with E-state index in [9.17, 15) is 9.18 Å². The van der Waals surface area contributed by atoms with Crippen LogP contribution in [-0.2, 0) is 11.8 Å². The number of aliphatic carboxylic acids is 1. The Kier molecular flexibility index (Phi) is 4.23. The number of thioether (sulfide) groups is 1. The zero-order valence-corrected chi connectivity index (χ0v) is 11.8. The second kappa shape index (κ2) is 5.91. The molecule has 6 nitrogen and oxygen atoms in total. The summed E-state index contributed by atoms with van der Waals surface area (Å²) in [6.07, 6.45) is 0. The molecule has 0 amide bonds. The minimum Gasteiger partial charge on any atom is -0.481 e. The highest BCUT2D eigenvalue weighted by molar-refractivity contribution is 7.99. The molecule has 0 saturated heterocycles. The summed E-state index contributed by atoms with van der Waals surface area (Å²) < 4.78 is 15.4. The predicted molar refractivity (Wildman–Crippen MR) is 73.8 cm³/mol. The predicted octanol–water partition coefficient (Wildman–Crippen LogP) is 1.90. The van der Waals surface area contributed by atoms with Crippen LogP contribution in [0.2, 0.25) is 0 Å². The largest absolute Gasteiger partial charge is 0.481 e. The minimum atomic E-state index is -0.929. The first-order valence-corrected chi connectivity index (χ1v) is 6.71. The van der Waals surface area contributed by atoms with Crippen molar-refractivity contribution in [3.8, 4) is 0 Å². The summed E-state index contributed by atoms with van der Waals surface area (Å²) in [5.74, 6) is -0.960. The number of benzene rings is 1. The van der Waals surface area contributed by atoms with Gasteiger partial charge in [0.1, 0.15) is 5.82 Å². The van der Waals surface area contributed by atoms with Gasteiger partial charge in [0.05, 0.1) is 11.4 Å². The van der Waals surface area contributed by atoms with Crippen LogP contribution in [0.3, 0.4) is 0 Å². The highest BCUT2D eigenvalue weighted by atomic mass is 32.2.